The summed E-state index contributed by atoms with van der Waals surface area (Å²) in [5.41, 5.74) is 5.38. The van der Waals surface area contributed by atoms with Gasteiger partial charge in [-0.1, -0.05) is 13.8 Å². The Balaban J connectivity index is 4.31. The number of ether oxygens (including phenoxy) is 1. The van der Waals surface area contributed by atoms with E-state index in [1.807, 2.05) is 0 Å². The monoisotopic (exact) mass is 247 g/mol. The molecule has 7 heteroatoms. The molecule has 0 aromatic heterocycles. The molecule has 0 aliphatic carbocycles. The summed E-state index contributed by atoms with van der Waals surface area (Å²) in [6.07, 6.45) is -1.62. The molecule has 0 amide bonds. The van der Waals surface area contributed by atoms with Crippen LogP contribution in [0.1, 0.15) is 26.7 Å². The Kier molecular flexibility index (Phi) is 6.19. The lowest BCUT2D eigenvalue weighted by atomic mass is 10.1. The van der Waals surface area contributed by atoms with Crippen molar-refractivity contribution in [1.29, 1.82) is 0 Å². The van der Waals surface area contributed by atoms with Crippen LogP contribution in [0.5, 0.6) is 0 Å². The van der Waals surface area contributed by atoms with Crippen LogP contribution in [0.2, 0.25) is 0 Å². The number of carboxylic acids is 2. The van der Waals surface area contributed by atoms with Crippen molar-refractivity contribution in [3.8, 4) is 0 Å². The van der Waals surface area contributed by atoms with Crippen LogP contribution in [0.3, 0.4) is 0 Å². The van der Waals surface area contributed by atoms with Crippen LogP contribution in [-0.2, 0) is 19.1 Å². The molecule has 0 bridgehead atoms. The number of carbonyl (C=O) groups is 3. The molecular formula is C10H17NO6. The van der Waals surface area contributed by atoms with Gasteiger partial charge in [-0.05, 0) is 6.42 Å². The molecule has 0 aromatic rings. The maximum absolute atomic E-state index is 11.4. The lowest BCUT2D eigenvalue weighted by Crippen LogP contribution is -2.39. The lowest BCUT2D eigenvalue weighted by molar-refractivity contribution is -0.168. The van der Waals surface area contributed by atoms with Crippen LogP contribution >= 0.6 is 0 Å². The van der Waals surface area contributed by atoms with E-state index in [1.165, 1.54) is 0 Å². The predicted molar refractivity (Wildman–Crippen MR) is 57.2 cm³/mol. The highest BCUT2D eigenvalue weighted by atomic mass is 16.6. The first-order valence-electron chi connectivity index (χ1n) is 5.16. The number of hydrogen-bond donors (Lipinski definition) is 3. The van der Waals surface area contributed by atoms with E-state index in [2.05, 4.69) is 0 Å². The average molecular weight is 247 g/mol. The minimum absolute atomic E-state index is 0.0847. The van der Waals surface area contributed by atoms with Crippen LogP contribution < -0.4 is 5.73 Å². The zero-order valence-electron chi connectivity index (χ0n) is 9.75. The summed E-state index contributed by atoms with van der Waals surface area (Å²) < 4.78 is 4.71. The summed E-state index contributed by atoms with van der Waals surface area (Å²) >= 11 is 0. The Morgan fingerprint density at radius 1 is 1.24 bits per heavy atom. The number of carboxylic acid groups (broad SMARTS) is 2. The number of hydrogen-bond acceptors (Lipinski definition) is 5. The van der Waals surface area contributed by atoms with Crippen LogP contribution in [-0.4, -0.2) is 40.3 Å². The molecule has 7 nitrogen and oxygen atoms in total. The maximum atomic E-state index is 11.4. The van der Waals surface area contributed by atoms with Gasteiger partial charge in [0.1, 0.15) is 6.04 Å². The third kappa shape index (κ3) is 5.86. The van der Waals surface area contributed by atoms with Crippen LogP contribution in [0.4, 0.5) is 0 Å². The van der Waals surface area contributed by atoms with Gasteiger partial charge in [0.2, 0.25) is 6.10 Å². The van der Waals surface area contributed by atoms with Gasteiger partial charge in [-0.3, -0.25) is 9.59 Å². The molecule has 0 aliphatic rings. The quantitative estimate of drug-likeness (QED) is 0.533. The van der Waals surface area contributed by atoms with Crippen molar-refractivity contribution >= 4 is 17.9 Å². The van der Waals surface area contributed by atoms with E-state index in [-0.39, 0.29) is 18.8 Å². The molecular weight excluding hydrogens is 230 g/mol. The van der Waals surface area contributed by atoms with E-state index in [0.717, 1.165) is 0 Å². The van der Waals surface area contributed by atoms with Crippen molar-refractivity contribution in [3.63, 3.8) is 0 Å². The highest BCUT2D eigenvalue weighted by Crippen LogP contribution is 2.09. The molecule has 98 valence electrons. The maximum Gasteiger partial charge on any atom is 0.345 e. The zero-order valence-corrected chi connectivity index (χ0v) is 9.75. The summed E-state index contributed by atoms with van der Waals surface area (Å²) in [6, 6.07) is -1.12. The molecule has 0 heterocycles. The Morgan fingerprint density at radius 3 is 2.12 bits per heavy atom. The third-order valence-electron chi connectivity index (χ3n) is 2.06. The molecule has 0 rings (SSSR count). The van der Waals surface area contributed by atoms with E-state index in [9.17, 15) is 14.4 Å². The van der Waals surface area contributed by atoms with Gasteiger partial charge in [0.15, 0.2) is 0 Å². The first-order valence-corrected chi connectivity index (χ1v) is 5.16. The molecule has 4 N–H and O–H groups in total. The van der Waals surface area contributed by atoms with E-state index in [1.54, 1.807) is 13.8 Å². The van der Waals surface area contributed by atoms with Gasteiger partial charge in [-0.2, -0.15) is 0 Å². The number of esters is 1. The molecule has 2 atom stereocenters. The first kappa shape index (κ1) is 15.4. The van der Waals surface area contributed by atoms with Gasteiger partial charge < -0.3 is 20.7 Å². The van der Waals surface area contributed by atoms with Crippen molar-refractivity contribution in [2.45, 2.75) is 38.8 Å². The Morgan fingerprint density at radius 2 is 1.76 bits per heavy atom. The minimum atomic E-state index is -1.27. The van der Waals surface area contributed by atoms with Gasteiger partial charge >= 0.3 is 17.9 Å². The van der Waals surface area contributed by atoms with Gasteiger partial charge in [-0.15, -0.1) is 0 Å². The van der Waals surface area contributed by atoms with Gasteiger partial charge in [0.25, 0.3) is 0 Å². The summed E-state index contributed by atoms with van der Waals surface area (Å²) in [4.78, 5) is 32.4. The summed E-state index contributed by atoms with van der Waals surface area (Å²) in [5.74, 6) is -3.61. The van der Waals surface area contributed by atoms with Crippen molar-refractivity contribution in [2.24, 2.45) is 11.7 Å². The molecule has 0 unspecified atom stereocenters. The molecule has 0 saturated carbocycles. The second-order valence-corrected chi connectivity index (χ2v) is 3.98. The molecule has 0 saturated heterocycles. The van der Waals surface area contributed by atoms with E-state index < -0.39 is 30.1 Å². The Bertz CT molecular complexity index is 301. The predicted octanol–water partition coefficient (Wildman–Crippen LogP) is -0.169. The summed E-state index contributed by atoms with van der Waals surface area (Å²) in [5, 5.41) is 17.2. The topological polar surface area (TPSA) is 127 Å². The molecule has 0 aliphatic heterocycles. The first-order chi connectivity index (χ1) is 7.75. The zero-order chi connectivity index (χ0) is 13.6. The fourth-order valence-corrected chi connectivity index (χ4v) is 1.08. The molecule has 0 fully saturated rings. The SMILES string of the molecule is CC(C)[C@H](OC(=O)[C@H](N)CCC(=O)O)C(=O)O. The van der Waals surface area contributed by atoms with Crippen molar-refractivity contribution in [1.82, 2.24) is 0 Å². The van der Waals surface area contributed by atoms with Crippen LogP contribution in [0.15, 0.2) is 0 Å². The number of carbonyl (C=O) groups excluding carboxylic acids is 1. The average Bonchev–Trinajstić information content (AvgIpc) is 2.20. The third-order valence-corrected chi connectivity index (χ3v) is 2.06. The standard InChI is InChI=1S/C10H17NO6/c1-5(2)8(9(14)15)17-10(16)6(11)3-4-7(12)13/h5-6,8H,3-4,11H2,1-2H3,(H,12,13)(H,14,15)/t6-,8+/m1/s1. The molecule has 0 radical (unpaired) electrons. The van der Waals surface area contributed by atoms with Crippen molar-refractivity contribution < 1.29 is 29.3 Å². The highest BCUT2D eigenvalue weighted by molar-refractivity contribution is 5.81. The van der Waals surface area contributed by atoms with Gasteiger partial charge in [0, 0.05) is 12.3 Å². The second-order valence-electron chi connectivity index (χ2n) is 3.98. The fraction of sp³-hybridized carbons (Fsp3) is 0.700. The largest absolute Gasteiger partial charge is 0.481 e. The van der Waals surface area contributed by atoms with Crippen LogP contribution in [0.25, 0.3) is 0 Å². The second kappa shape index (κ2) is 6.85. The van der Waals surface area contributed by atoms with E-state index >= 15 is 0 Å². The Labute approximate surface area is 98.6 Å². The lowest BCUT2D eigenvalue weighted by Gasteiger charge is -2.19. The smallest absolute Gasteiger partial charge is 0.345 e. The van der Waals surface area contributed by atoms with Crippen molar-refractivity contribution in [2.75, 3.05) is 0 Å². The number of aliphatic carboxylic acids is 2. The van der Waals surface area contributed by atoms with Gasteiger partial charge in [0.05, 0.1) is 0 Å². The Hall–Kier alpha value is -1.63. The number of nitrogens with two attached hydrogens (primary N) is 1. The van der Waals surface area contributed by atoms with Gasteiger partial charge in [-0.25, -0.2) is 4.79 Å². The van der Waals surface area contributed by atoms with Crippen molar-refractivity contribution in [3.05, 3.63) is 0 Å². The molecule has 0 aromatic carbocycles. The summed E-state index contributed by atoms with van der Waals surface area (Å²) in [6.45, 7) is 3.18. The van der Waals surface area contributed by atoms with E-state index in [0.29, 0.717) is 0 Å². The molecule has 0 spiro atoms. The van der Waals surface area contributed by atoms with E-state index in [4.69, 9.17) is 20.7 Å². The summed E-state index contributed by atoms with van der Waals surface area (Å²) in [7, 11) is 0. The number of rotatable bonds is 7. The van der Waals surface area contributed by atoms with Crippen LogP contribution in [0, 0.1) is 5.92 Å². The fourth-order valence-electron chi connectivity index (χ4n) is 1.08. The molecule has 17 heavy (non-hydrogen) atoms. The normalized spacial score (nSPS) is 14.1. The highest BCUT2D eigenvalue weighted by Gasteiger charge is 2.28. The minimum Gasteiger partial charge on any atom is -0.481 e.